The molecule has 0 amide bonds. The number of hydrogen-bond acceptors (Lipinski definition) is 4. The Labute approximate surface area is 91.6 Å². The van der Waals surface area contributed by atoms with Crippen LogP contribution in [0.15, 0.2) is 10.4 Å². The van der Waals surface area contributed by atoms with E-state index >= 15 is 0 Å². The molecule has 2 rings (SSSR count). The smallest absolute Gasteiger partial charge is 0.232 e. The molecule has 1 aliphatic carbocycles. The van der Waals surface area contributed by atoms with Crippen LogP contribution in [0.4, 0.5) is 0 Å². The lowest BCUT2D eigenvalue weighted by molar-refractivity contribution is 0.466. The van der Waals surface area contributed by atoms with E-state index in [1.165, 1.54) is 10.5 Å². The molecule has 0 radical (unpaired) electrons. The first-order valence-corrected chi connectivity index (χ1v) is 6.74. The number of hydrogen-bond donors (Lipinski definition) is 0. The molecule has 1 fully saturated rings. The number of nitrogens with zero attached hydrogens (tertiary/aromatic N) is 2. The summed E-state index contributed by atoms with van der Waals surface area (Å²) in [6.45, 7) is 0. The third kappa shape index (κ3) is 1.79. The summed E-state index contributed by atoms with van der Waals surface area (Å²) in [5.74, 6) is 0. The summed E-state index contributed by atoms with van der Waals surface area (Å²) in [4.78, 5) is 3.72. The summed E-state index contributed by atoms with van der Waals surface area (Å²) < 4.78 is 25.6. The summed E-state index contributed by atoms with van der Waals surface area (Å²) in [5, 5.41) is 0. The maximum Gasteiger partial charge on any atom is 0.254 e. The lowest BCUT2D eigenvalue weighted by atomic mass is 10.7. The van der Waals surface area contributed by atoms with Crippen LogP contribution in [0.25, 0.3) is 0 Å². The van der Waals surface area contributed by atoms with Crippen LogP contribution in [0.1, 0.15) is 12.8 Å². The van der Waals surface area contributed by atoms with Crippen LogP contribution in [0.2, 0.25) is 4.47 Å². The van der Waals surface area contributed by atoms with E-state index in [1.54, 1.807) is 7.05 Å². The van der Waals surface area contributed by atoms with Crippen LogP contribution in [0, 0.1) is 0 Å². The minimum atomic E-state index is -3.35. The summed E-state index contributed by atoms with van der Waals surface area (Å²) >= 11 is 6.58. The van der Waals surface area contributed by atoms with E-state index in [0.29, 0.717) is 0 Å². The largest absolute Gasteiger partial charge is 0.254 e. The Morgan fingerprint density at radius 1 is 1.64 bits per heavy atom. The summed E-state index contributed by atoms with van der Waals surface area (Å²) in [6.07, 6.45) is 3.20. The molecule has 0 bridgehead atoms. The second-order valence-electron chi connectivity index (χ2n) is 3.18. The minimum Gasteiger partial charge on any atom is -0.232 e. The van der Waals surface area contributed by atoms with E-state index < -0.39 is 10.0 Å². The van der Waals surface area contributed by atoms with Crippen molar-refractivity contribution < 1.29 is 8.42 Å². The minimum absolute atomic E-state index is 0.167. The highest BCUT2D eigenvalue weighted by Crippen LogP contribution is 2.32. The number of thiazole rings is 1. The van der Waals surface area contributed by atoms with Gasteiger partial charge in [0.1, 0.15) is 0 Å². The van der Waals surface area contributed by atoms with Crippen LogP contribution in [0.5, 0.6) is 0 Å². The quantitative estimate of drug-likeness (QED) is 0.821. The van der Waals surface area contributed by atoms with Crippen molar-refractivity contribution in [3.63, 3.8) is 0 Å². The molecule has 78 valence electrons. The molecule has 0 aromatic carbocycles. The lowest BCUT2D eigenvalue weighted by Crippen LogP contribution is -2.28. The fourth-order valence-electron chi connectivity index (χ4n) is 1.13. The van der Waals surface area contributed by atoms with Crippen molar-refractivity contribution >= 4 is 33.0 Å². The number of aromatic nitrogens is 1. The van der Waals surface area contributed by atoms with Crippen molar-refractivity contribution in [1.29, 1.82) is 0 Å². The Bertz CT molecular complexity index is 438. The average molecular weight is 253 g/mol. The van der Waals surface area contributed by atoms with Gasteiger partial charge in [-0.3, -0.25) is 0 Å². The summed E-state index contributed by atoms with van der Waals surface area (Å²) in [6, 6.07) is 0.167. The fourth-order valence-corrected chi connectivity index (χ4v) is 4.03. The van der Waals surface area contributed by atoms with Gasteiger partial charge in [0.2, 0.25) is 0 Å². The number of halogens is 1. The van der Waals surface area contributed by atoms with Gasteiger partial charge in [-0.15, -0.1) is 0 Å². The molecule has 1 aliphatic rings. The molecular weight excluding hydrogens is 244 g/mol. The third-order valence-corrected chi connectivity index (χ3v) is 5.61. The highest BCUT2D eigenvalue weighted by Gasteiger charge is 2.35. The van der Waals surface area contributed by atoms with E-state index in [0.717, 1.165) is 24.2 Å². The van der Waals surface area contributed by atoms with Crippen LogP contribution in [-0.2, 0) is 10.0 Å². The van der Waals surface area contributed by atoms with Gasteiger partial charge in [0.25, 0.3) is 10.0 Å². The Balaban J connectivity index is 2.31. The van der Waals surface area contributed by atoms with Crippen molar-refractivity contribution in [3.8, 4) is 0 Å². The van der Waals surface area contributed by atoms with Gasteiger partial charge in [-0.2, -0.15) is 4.31 Å². The monoisotopic (exact) mass is 252 g/mol. The zero-order chi connectivity index (χ0) is 10.3. The molecule has 0 saturated heterocycles. The number of sulfonamides is 1. The van der Waals surface area contributed by atoms with E-state index in [-0.39, 0.29) is 14.7 Å². The van der Waals surface area contributed by atoms with Gasteiger partial charge < -0.3 is 0 Å². The molecule has 0 atom stereocenters. The standard InChI is InChI=1S/C7H9ClN2O2S2/c1-10(5-2-3-5)14(11,12)6-4-9-7(8)13-6/h4-5H,2-3H2,1H3. The molecule has 7 heteroatoms. The van der Waals surface area contributed by atoms with Gasteiger partial charge in [-0.1, -0.05) is 22.9 Å². The molecular formula is C7H9ClN2O2S2. The Kier molecular flexibility index (Phi) is 2.55. The predicted molar refractivity (Wildman–Crippen MR) is 55.1 cm³/mol. The molecule has 4 nitrogen and oxygen atoms in total. The zero-order valence-corrected chi connectivity index (χ0v) is 9.86. The average Bonchev–Trinajstić information content (AvgIpc) is 2.87. The van der Waals surface area contributed by atoms with Gasteiger partial charge in [0, 0.05) is 13.1 Å². The first kappa shape index (κ1) is 10.4. The van der Waals surface area contributed by atoms with E-state index in [1.807, 2.05) is 0 Å². The van der Waals surface area contributed by atoms with Crippen molar-refractivity contribution in [2.24, 2.45) is 0 Å². The predicted octanol–water partition coefficient (Wildman–Crippen LogP) is 1.58. The van der Waals surface area contributed by atoms with Gasteiger partial charge >= 0.3 is 0 Å². The van der Waals surface area contributed by atoms with Crippen LogP contribution < -0.4 is 0 Å². The van der Waals surface area contributed by atoms with Crippen molar-refractivity contribution in [2.75, 3.05) is 7.05 Å². The molecule has 1 aromatic rings. The second-order valence-corrected chi connectivity index (χ2v) is 7.02. The van der Waals surface area contributed by atoms with Crippen molar-refractivity contribution in [1.82, 2.24) is 9.29 Å². The highest BCUT2D eigenvalue weighted by molar-refractivity contribution is 7.91. The first-order valence-electron chi connectivity index (χ1n) is 4.11. The highest BCUT2D eigenvalue weighted by atomic mass is 35.5. The van der Waals surface area contributed by atoms with Gasteiger partial charge in [-0.05, 0) is 12.8 Å². The summed E-state index contributed by atoms with van der Waals surface area (Å²) in [5.41, 5.74) is 0. The molecule has 0 unspecified atom stereocenters. The zero-order valence-electron chi connectivity index (χ0n) is 7.47. The maximum absolute atomic E-state index is 11.9. The SMILES string of the molecule is CN(C1CC1)S(=O)(=O)c1cnc(Cl)s1. The fraction of sp³-hybridized carbons (Fsp3) is 0.571. The van der Waals surface area contributed by atoms with Crippen LogP contribution >= 0.6 is 22.9 Å². The summed E-state index contributed by atoms with van der Waals surface area (Å²) in [7, 11) is -1.75. The lowest BCUT2D eigenvalue weighted by Gasteiger charge is -2.13. The molecule has 0 N–H and O–H groups in total. The van der Waals surface area contributed by atoms with Crippen molar-refractivity contribution in [2.45, 2.75) is 23.1 Å². The third-order valence-electron chi connectivity index (χ3n) is 2.15. The molecule has 1 aromatic heterocycles. The molecule has 1 saturated carbocycles. The molecule has 0 spiro atoms. The Morgan fingerprint density at radius 2 is 2.29 bits per heavy atom. The normalized spacial score (nSPS) is 17.6. The van der Waals surface area contributed by atoms with E-state index in [9.17, 15) is 8.42 Å². The molecule has 0 aliphatic heterocycles. The van der Waals surface area contributed by atoms with Gasteiger partial charge in [0.15, 0.2) is 8.68 Å². The van der Waals surface area contributed by atoms with Gasteiger partial charge in [-0.25, -0.2) is 13.4 Å². The Morgan fingerprint density at radius 3 is 2.71 bits per heavy atom. The van der Waals surface area contributed by atoms with E-state index in [2.05, 4.69) is 4.98 Å². The molecule has 1 heterocycles. The first-order chi connectivity index (χ1) is 6.51. The van der Waals surface area contributed by atoms with E-state index in [4.69, 9.17) is 11.6 Å². The molecule has 14 heavy (non-hydrogen) atoms. The second kappa shape index (κ2) is 3.44. The van der Waals surface area contributed by atoms with Gasteiger partial charge in [0.05, 0.1) is 6.20 Å². The number of rotatable bonds is 3. The van der Waals surface area contributed by atoms with Crippen molar-refractivity contribution in [3.05, 3.63) is 10.7 Å². The van der Waals surface area contributed by atoms with Crippen LogP contribution in [0.3, 0.4) is 0 Å². The van der Waals surface area contributed by atoms with Crippen LogP contribution in [-0.4, -0.2) is 30.8 Å². The topological polar surface area (TPSA) is 50.3 Å². The Hall–Kier alpha value is -0.170. The maximum atomic E-state index is 11.9.